The average Bonchev–Trinajstić information content (AvgIpc) is 2.17. The second-order valence-electron chi connectivity index (χ2n) is 3.15. The fraction of sp³-hybridized carbons (Fsp3) is 0.900. The molecule has 4 heteroatoms. The van der Waals surface area contributed by atoms with Crippen molar-refractivity contribution in [3.8, 4) is 0 Å². The minimum absolute atomic E-state index is 0.164. The van der Waals surface area contributed by atoms with Crippen LogP contribution in [0.2, 0.25) is 0 Å². The van der Waals surface area contributed by atoms with Gasteiger partial charge in [-0.2, -0.15) is 0 Å². The molecule has 1 N–H and O–H groups in total. The molecular weight excluding hydrogens is 198 g/mol. The second kappa shape index (κ2) is 8.12. The fourth-order valence-electron chi connectivity index (χ4n) is 1.15. The van der Waals surface area contributed by atoms with Gasteiger partial charge in [-0.25, -0.2) is 0 Å². The molecule has 0 bridgehead atoms. The third kappa shape index (κ3) is 5.50. The summed E-state index contributed by atoms with van der Waals surface area (Å²) >= 11 is 1.74. The summed E-state index contributed by atoms with van der Waals surface area (Å²) < 4.78 is 4.92. The molecule has 14 heavy (non-hydrogen) atoms. The predicted octanol–water partition coefficient (Wildman–Crippen LogP) is 2.02. The number of esters is 1. The molecule has 84 valence electrons. The van der Waals surface area contributed by atoms with Crippen molar-refractivity contribution in [3.05, 3.63) is 0 Å². The van der Waals surface area contributed by atoms with Crippen LogP contribution in [-0.4, -0.2) is 30.2 Å². The summed E-state index contributed by atoms with van der Waals surface area (Å²) in [5.41, 5.74) is 0. The van der Waals surface area contributed by atoms with Crippen molar-refractivity contribution in [1.82, 2.24) is 5.32 Å². The smallest absolute Gasteiger partial charge is 0.322 e. The SMILES string of the molecule is CCCC(N[C@@H](C)C(=O)OCC)SC. The van der Waals surface area contributed by atoms with E-state index in [2.05, 4.69) is 12.2 Å². The number of carbonyl (C=O) groups is 1. The van der Waals surface area contributed by atoms with Crippen LogP contribution in [0.25, 0.3) is 0 Å². The van der Waals surface area contributed by atoms with E-state index in [0.717, 1.165) is 12.8 Å². The second-order valence-corrected chi connectivity index (χ2v) is 4.19. The summed E-state index contributed by atoms with van der Waals surface area (Å²) in [6.07, 6.45) is 4.24. The molecule has 0 aromatic heterocycles. The van der Waals surface area contributed by atoms with Crippen LogP contribution in [0.1, 0.15) is 33.6 Å². The lowest BCUT2D eigenvalue weighted by Crippen LogP contribution is -2.40. The lowest BCUT2D eigenvalue weighted by Gasteiger charge is -2.19. The van der Waals surface area contributed by atoms with Crippen molar-refractivity contribution in [2.75, 3.05) is 12.9 Å². The van der Waals surface area contributed by atoms with E-state index in [0.29, 0.717) is 12.0 Å². The Labute approximate surface area is 91.0 Å². The molecule has 1 unspecified atom stereocenters. The zero-order chi connectivity index (χ0) is 11.0. The van der Waals surface area contributed by atoms with Crippen LogP contribution >= 0.6 is 11.8 Å². The van der Waals surface area contributed by atoms with Crippen LogP contribution < -0.4 is 5.32 Å². The van der Waals surface area contributed by atoms with Crippen LogP contribution in [0.15, 0.2) is 0 Å². The number of ether oxygens (including phenoxy) is 1. The van der Waals surface area contributed by atoms with Crippen molar-refractivity contribution in [3.63, 3.8) is 0 Å². The van der Waals surface area contributed by atoms with E-state index in [1.165, 1.54) is 0 Å². The van der Waals surface area contributed by atoms with E-state index in [4.69, 9.17) is 4.74 Å². The summed E-state index contributed by atoms with van der Waals surface area (Å²) in [5, 5.41) is 3.59. The maximum absolute atomic E-state index is 11.3. The Morgan fingerprint density at radius 3 is 2.57 bits per heavy atom. The Kier molecular flexibility index (Phi) is 7.99. The lowest BCUT2D eigenvalue weighted by molar-refractivity contribution is -0.145. The van der Waals surface area contributed by atoms with Gasteiger partial charge in [0.2, 0.25) is 0 Å². The molecule has 0 aromatic carbocycles. The first kappa shape index (κ1) is 13.8. The highest BCUT2D eigenvalue weighted by Gasteiger charge is 2.17. The predicted molar refractivity (Wildman–Crippen MR) is 61.4 cm³/mol. The van der Waals surface area contributed by atoms with Gasteiger partial charge < -0.3 is 4.74 Å². The summed E-state index contributed by atoms with van der Waals surface area (Å²) in [7, 11) is 0. The first-order valence-electron chi connectivity index (χ1n) is 5.11. The summed E-state index contributed by atoms with van der Waals surface area (Å²) in [6, 6.07) is -0.209. The van der Waals surface area contributed by atoms with E-state index in [-0.39, 0.29) is 12.0 Å². The molecule has 0 fully saturated rings. The molecule has 0 saturated carbocycles. The third-order valence-corrected chi connectivity index (χ3v) is 2.85. The third-order valence-electron chi connectivity index (χ3n) is 1.91. The number of hydrogen-bond acceptors (Lipinski definition) is 4. The molecule has 0 amide bonds. The highest BCUT2D eigenvalue weighted by atomic mass is 32.2. The molecule has 0 spiro atoms. The molecule has 0 rings (SSSR count). The Balaban J connectivity index is 3.88. The Hall–Kier alpha value is -0.220. The van der Waals surface area contributed by atoms with E-state index in [9.17, 15) is 4.79 Å². The minimum Gasteiger partial charge on any atom is -0.465 e. The van der Waals surface area contributed by atoms with Gasteiger partial charge in [-0.15, -0.1) is 11.8 Å². The van der Waals surface area contributed by atoms with E-state index in [1.807, 2.05) is 20.1 Å². The monoisotopic (exact) mass is 219 g/mol. The molecule has 2 atom stereocenters. The van der Waals surface area contributed by atoms with Crippen molar-refractivity contribution < 1.29 is 9.53 Å². The molecule has 0 aliphatic rings. The highest BCUT2D eigenvalue weighted by Crippen LogP contribution is 2.10. The highest BCUT2D eigenvalue weighted by molar-refractivity contribution is 7.99. The summed E-state index contributed by atoms with van der Waals surface area (Å²) in [5.74, 6) is -0.164. The minimum atomic E-state index is -0.209. The Morgan fingerprint density at radius 2 is 2.14 bits per heavy atom. The summed E-state index contributed by atoms with van der Waals surface area (Å²) in [4.78, 5) is 11.3. The van der Waals surface area contributed by atoms with Gasteiger partial charge in [0.25, 0.3) is 0 Å². The van der Waals surface area contributed by atoms with E-state index in [1.54, 1.807) is 11.8 Å². The van der Waals surface area contributed by atoms with Gasteiger partial charge in [0, 0.05) is 0 Å². The first-order valence-corrected chi connectivity index (χ1v) is 6.39. The van der Waals surface area contributed by atoms with Crippen LogP contribution in [0, 0.1) is 0 Å². The number of nitrogens with one attached hydrogen (secondary N) is 1. The topological polar surface area (TPSA) is 38.3 Å². The van der Waals surface area contributed by atoms with Crippen LogP contribution in [0.3, 0.4) is 0 Å². The van der Waals surface area contributed by atoms with Crippen LogP contribution in [0.5, 0.6) is 0 Å². The fourth-order valence-corrected chi connectivity index (χ4v) is 1.96. The molecule has 0 aromatic rings. The van der Waals surface area contributed by atoms with Gasteiger partial charge in [-0.3, -0.25) is 10.1 Å². The zero-order valence-corrected chi connectivity index (χ0v) is 10.3. The lowest BCUT2D eigenvalue weighted by atomic mass is 10.3. The van der Waals surface area contributed by atoms with Crippen molar-refractivity contribution in [2.45, 2.75) is 45.0 Å². The quantitative estimate of drug-likeness (QED) is 0.525. The molecule has 0 aliphatic heterocycles. The van der Waals surface area contributed by atoms with Gasteiger partial charge in [0.15, 0.2) is 0 Å². The Bertz CT molecular complexity index is 164. The van der Waals surface area contributed by atoms with Crippen molar-refractivity contribution in [2.24, 2.45) is 0 Å². The van der Waals surface area contributed by atoms with Gasteiger partial charge in [-0.05, 0) is 26.5 Å². The maximum atomic E-state index is 11.3. The largest absolute Gasteiger partial charge is 0.465 e. The molecular formula is C10H21NO2S. The standard InChI is InChI=1S/C10H21NO2S/c1-5-7-9(14-4)11-8(3)10(12)13-6-2/h8-9,11H,5-7H2,1-4H3/t8-,9?/m0/s1. The Morgan fingerprint density at radius 1 is 1.50 bits per heavy atom. The number of rotatable bonds is 7. The average molecular weight is 219 g/mol. The molecule has 0 heterocycles. The van der Waals surface area contributed by atoms with Crippen molar-refractivity contribution in [1.29, 1.82) is 0 Å². The van der Waals surface area contributed by atoms with Crippen molar-refractivity contribution >= 4 is 17.7 Å². The normalized spacial score (nSPS) is 14.9. The number of carbonyl (C=O) groups excluding carboxylic acids is 1. The molecule has 3 nitrogen and oxygen atoms in total. The molecule has 0 aliphatic carbocycles. The van der Waals surface area contributed by atoms with E-state index >= 15 is 0 Å². The molecule has 0 saturated heterocycles. The van der Waals surface area contributed by atoms with Crippen LogP contribution in [0.4, 0.5) is 0 Å². The maximum Gasteiger partial charge on any atom is 0.322 e. The summed E-state index contributed by atoms with van der Waals surface area (Å²) in [6.45, 7) is 6.25. The zero-order valence-electron chi connectivity index (χ0n) is 9.50. The van der Waals surface area contributed by atoms with Gasteiger partial charge in [0.1, 0.15) is 6.04 Å². The van der Waals surface area contributed by atoms with E-state index < -0.39 is 0 Å². The van der Waals surface area contributed by atoms with Crippen LogP contribution in [-0.2, 0) is 9.53 Å². The van der Waals surface area contributed by atoms with Gasteiger partial charge >= 0.3 is 5.97 Å². The van der Waals surface area contributed by atoms with Gasteiger partial charge in [0.05, 0.1) is 12.0 Å². The number of hydrogen-bond donors (Lipinski definition) is 1. The number of thioether (sulfide) groups is 1. The first-order chi connectivity index (χ1) is 6.65. The van der Waals surface area contributed by atoms with Gasteiger partial charge in [-0.1, -0.05) is 13.3 Å². The molecule has 0 radical (unpaired) electrons.